The molecule has 118 valence electrons. The zero-order chi connectivity index (χ0) is 16.2. The van der Waals surface area contributed by atoms with Crippen molar-refractivity contribution in [1.29, 1.82) is 0 Å². The van der Waals surface area contributed by atoms with Crippen LogP contribution in [0, 0.1) is 0 Å². The summed E-state index contributed by atoms with van der Waals surface area (Å²) >= 11 is 1.58. The van der Waals surface area contributed by atoms with Crippen LogP contribution in [0.25, 0.3) is 0 Å². The number of nitrogens with one attached hydrogen (secondary N) is 1. The molecule has 0 aliphatic rings. The summed E-state index contributed by atoms with van der Waals surface area (Å²) in [4.78, 5) is 13.0. The van der Waals surface area contributed by atoms with Crippen LogP contribution in [0.3, 0.4) is 0 Å². The first-order chi connectivity index (χ1) is 10.4. The number of carbonyl (C=O) groups excluding carboxylic acids is 1. The molecule has 0 radical (unpaired) electrons. The number of rotatable bonds is 5. The van der Waals surface area contributed by atoms with E-state index in [-0.39, 0.29) is 5.91 Å². The predicted octanol–water partition coefficient (Wildman–Crippen LogP) is 4.58. The van der Waals surface area contributed by atoms with Gasteiger partial charge in [0, 0.05) is 11.3 Å². The second-order valence-corrected chi connectivity index (χ2v) is 6.02. The Bertz CT molecular complexity index is 623. The quantitative estimate of drug-likeness (QED) is 0.856. The van der Waals surface area contributed by atoms with Gasteiger partial charge in [0.05, 0.1) is 11.6 Å². The first-order valence-corrected chi connectivity index (χ1v) is 7.73. The molecule has 2 aromatic rings. The van der Waals surface area contributed by atoms with Crippen molar-refractivity contribution < 1.29 is 18.0 Å². The maximum atomic E-state index is 12.7. The van der Waals surface area contributed by atoms with E-state index in [0.717, 1.165) is 17.0 Å². The van der Waals surface area contributed by atoms with Crippen LogP contribution in [0.4, 0.5) is 13.2 Å². The van der Waals surface area contributed by atoms with Gasteiger partial charge in [-0.1, -0.05) is 18.2 Å². The summed E-state index contributed by atoms with van der Waals surface area (Å²) in [5, 5.41) is 4.68. The highest BCUT2D eigenvalue weighted by Gasteiger charge is 2.30. The summed E-state index contributed by atoms with van der Waals surface area (Å²) in [7, 11) is 0. The van der Waals surface area contributed by atoms with Gasteiger partial charge in [-0.3, -0.25) is 4.79 Å². The molecule has 1 aromatic heterocycles. The third-order valence-corrected chi connectivity index (χ3v) is 4.21. The van der Waals surface area contributed by atoms with Crippen LogP contribution >= 0.6 is 11.3 Å². The van der Waals surface area contributed by atoms with Gasteiger partial charge >= 0.3 is 6.18 Å². The summed E-state index contributed by atoms with van der Waals surface area (Å²) in [5.74, 6) is -0.168. The number of alkyl halides is 3. The van der Waals surface area contributed by atoms with Crippen molar-refractivity contribution in [1.82, 2.24) is 5.32 Å². The van der Waals surface area contributed by atoms with Crippen molar-refractivity contribution in [2.75, 3.05) is 0 Å². The topological polar surface area (TPSA) is 29.1 Å². The maximum absolute atomic E-state index is 12.7. The number of aryl methyl sites for hydroxylation is 1. The van der Waals surface area contributed by atoms with Crippen LogP contribution in [0.1, 0.15) is 35.4 Å². The van der Waals surface area contributed by atoms with Crippen LogP contribution in [-0.2, 0) is 17.4 Å². The molecule has 0 aliphatic carbocycles. The molecule has 0 spiro atoms. The predicted molar refractivity (Wildman–Crippen MR) is 80.6 cm³/mol. The minimum Gasteiger partial charge on any atom is -0.350 e. The molecule has 2 rings (SSSR count). The Kier molecular flexibility index (Phi) is 5.24. The molecule has 0 saturated heterocycles. The number of hydrogen-bond donors (Lipinski definition) is 1. The number of hydrogen-bond acceptors (Lipinski definition) is 2. The first-order valence-electron chi connectivity index (χ1n) is 6.85. The van der Waals surface area contributed by atoms with Crippen molar-refractivity contribution >= 4 is 17.2 Å². The van der Waals surface area contributed by atoms with Crippen LogP contribution in [-0.4, -0.2) is 5.91 Å². The van der Waals surface area contributed by atoms with E-state index in [1.807, 2.05) is 17.5 Å². The molecule has 22 heavy (non-hydrogen) atoms. The maximum Gasteiger partial charge on any atom is 0.416 e. The van der Waals surface area contributed by atoms with Crippen LogP contribution in [0.15, 0.2) is 41.8 Å². The lowest BCUT2D eigenvalue weighted by atomic mass is 10.0. The molecular weight excluding hydrogens is 311 g/mol. The van der Waals surface area contributed by atoms with E-state index in [1.54, 1.807) is 24.3 Å². The fourth-order valence-electron chi connectivity index (χ4n) is 2.07. The normalized spacial score (nSPS) is 12.9. The first kappa shape index (κ1) is 16.5. The van der Waals surface area contributed by atoms with Crippen molar-refractivity contribution in [2.24, 2.45) is 0 Å². The molecule has 2 nitrogen and oxygen atoms in total. The Labute approximate surface area is 131 Å². The number of amides is 1. The van der Waals surface area contributed by atoms with E-state index >= 15 is 0 Å². The lowest BCUT2D eigenvalue weighted by Crippen LogP contribution is -2.27. The molecule has 0 aliphatic heterocycles. The number of halogens is 3. The Hall–Kier alpha value is -1.82. The van der Waals surface area contributed by atoms with Gasteiger partial charge in [-0.15, -0.1) is 11.3 Å². The largest absolute Gasteiger partial charge is 0.416 e. The fraction of sp³-hybridized carbons (Fsp3) is 0.312. The van der Waals surface area contributed by atoms with E-state index in [2.05, 4.69) is 5.32 Å². The second-order valence-electron chi connectivity index (χ2n) is 4.99. The average molecular weight is 327 g/mol. The summed E-state index contributed by atoms with van der Waals surface area (Å²) in [6.07, 6.45) is -3.42. The molecule has 6 heteroatoms. The third kappa shape index (κ3) is 4.59. The minimum atomic E-state index is -4.38. The van der Waals surface area contributed by atoms with Gasteiger partial charge in [-0.25, -0.2) is 0 Å². The fourth-order valence-corrected chi connectivity index (χ4v) is 2.78. The highest BCUT2D eigenvalue weighted by atomic mass is 32.1. The van der Waals surface area contributed by atoms with E-state index in [4.69, 9.17) is 0 Å². The Morgan fingerprint density at radius 3 is 2.68 bits per heavy atom. The standard InChI is InChI=1S/C16H16F3NOS/c1-11(12-4-2-5-13(10-12)16(17,18)19)20-15(21)8-7-14-6-3-9-22-14/h2-6,9-11H,7-8H2,1H3,(H,20,21). The van der Waals surface area contributed by atoms with Crippen molar-refractivity contribution in [3.8, 4) is 0 Å². The molecule has 1 aromatic carbocycles. The number of benzene rings is 1. The zero-order valence-electron chi connectivity index (χ0n) is 12.0. The second kappa shape index (κ2) is 6.96. The summed E-state index contributed by atoms with van der Waals surface area (Å²) in [6, 6.07) is 8.45. The molecule has 1 atom stereocenters. The molecular formula is C16H16F3NOS. The highest BCUT2D eigenvalue weighted by Crippen LogP contribution is 2.30. The molecule has 0 bridgehead atoms. The van der Waals surface area contributed by atoms with Gasteiger partial charge < -0.3 is 5.32 Å². The van der Waals surface area contributed by atoms with E-state index in [1.165, 1.54) is 6.07 Å². The van der Waals surface area contributed by atoms with Crippen LogP contribution in [0.2, 0.25) is 0 Å². The smallest absolute Gasteiger partial charge is 0.350 e. The van der Waals surface area contributed by atoms with Gasteiger partial charge in [0.2, 0.25) is 5.91 Å². The van der Waals surface area contributed by atoms with Crippen molar-refractivity contribution in [2.45, 2.75) is 32.0 Å². The molecule has 0 saturated carbocycles. The van der Waals surface area contributed by atoms with E-state index < -0.39 is 17.8 Å². The number of carbonyl (C=O) groups is 1. The lowest BCUT2D eigenvalue weighted by molar-refractivity contribution is -0.137. The summed E-state index contributed by atoms with van der Waals surface area (Å²) in [5.41, 5.74) is -0.260. The van der Waals surface area contributed by atoms with Crippen molar-refractivity contribution in [3.05, 3.63) is 57.8 Å². The van der Waals surface area contributed by atoms with Crippen molar-refractivity contribution in [3.63, 3.8) is 0 Å². The Balaban J connectivity index is 1.94. The van der Waals surface area contributed by atoms with Crippen LogP contribution < -0.4 is 5.32 Å². The molecule has 1 amide bonds. The molecule has 1 heterocycles. The minimum absolute atomic E-state index is 0.168. The van der Waals surface area contributed by atoms with Gasteiger partial charge in [0.25, 0.3) is 0 Å². The monoisotopic (exact) mass is 327 g/mol. The van der Waals surface area contributed by atoms with E-state index in [0.29, 0.717) is 18.4 Å². The molecule has 1 N–H and O–H groups in total. The zero-order valence-corrected chi connectivity index (χ0v) is 12.8. The third-order valence-electron chi connectivity index (χ3n) is 3.27. The van der Waals surface area contributed by atoms with Crippen LogP contribution in [0.5, 0.6) is 0 Å². The summed E-state index contributed by atoms with van der Waals surface area (Å²) in [6.45, 7) is 1.68. The van der Waals surface area contributed by atoms with Gasteiger partial charge in [-0.2, -0.15) is 13.2 Å². The van der Waals surface area contributed by atoms with Gasteiger partial charge in [0.15, 0.2) is 0 Å². The van der Waals surface area contributed by atoms with Gasteiger partial charge in [0.1, 0.15) is 0 Å². The summed E-state index contributed by atoms with van der Waals surface area (Å²) < 4.78 is 38.1. The SMILES string of the molecule is CC(NC(=O)CCc1cccs1)c1cccc(C(F)(F)F)c1. The Morgan fingerprint density at radius 2 is 2.05 bits per heavy atom. The Morgan fingerprint density at radius 1 is 1.27 bits per heavy atom. The average Bonchev–Trinajstić information content (AvgIpc) is 2.97. The van der Waals surface area contributed by atoms with E-state index in [9.17, 15) is 18.0 Å². The molecule has 1 unspecified atom stereocenters. The highest BCUT2D eigenvalue weighted by molar-refractivity contribution is 7.09. The lowest BCUT2D eigenvalue weighted by Gasteiger charge is -2.16. The molecule has 0 fully saturated rings. The number of thiophene rings is 1. The van der Waals surface area contributed by atoms with Gasteiger partial charge in [-0.05, 0) is 42.5 Å².